The van der Waals surface area contributed by atoms with Crippen molar-refractivity contribution >= 4 is 34.3 Å². The van der Waals surface area contributed by atoms with E-state index in [4.69, 9.17) is 0 Å². The minimum Gasteiger partial charge on any atom is -0.505 e. The van der Waals surface area contributed by atoms with E-state index in [2.05, 4.69) is 10.6 Å². The first kappa shape index (κ1) is 18.7. The van der Waals surface area contributed by atoms with Crippen molar-refractivity contribution in [3.63, 3.8) is 0 Å². The molecular weight excluding hydrogens is 366 g/mol. The lowest BCUT2D eigenvalue weighted by Crippen LogP contribution is -2.37. The van der Waals surface area contributed by atoms with Gasteiger partial charge in [-0.05, 0) is 30.5 Å². The number of para-hydroxylation sites is 1. The minimum atomic E-state index is -0.667. The zero-order valence-electron chi connectivity index (χ0n) is 15.1. The molecule has 0 aliphatic heterocycles. The van der Waals surface area contributed by atoms with Gasteiger partial charge < -0.3 is 20.6 Å². The van der Waals surface area contributed by atoms with Crippen LogP contribution in [0.1, 0.15) is 28.2 Å². The van der Waals surface area contributed by atoms with Crippen molar-refractivity contribution in [2.24, 2.45) is 0 Å². The fourth-order valence-electron chi connectivity index (χ4n) is 2.67. The number of hydrogen-bond donors (Lipinski definition) is 3. The summed E-state index contributed by atoms with van der Waals surface area (Å²) >= 11 is 1.54. The molecule has 2 aromatic carbocycles. The van der Waals surface area contributed by atoms with Crippen LogP contribution in [-0.2, 0) is 0 Å². The van der Waals surface area contributed by atoms with Crippen molar-refractivity contribution in [3.05, 3.63) is 66.6 Å². The number of phenols is 1. The molecule has 27 heavy (non-hydrogen) atoms. The molecule has 0 fully saturated rings. The molecule has 0 saturated heterocycles. The summed E-state index contributed by atoms with van der Waals surface area (Å²) in [7, 11) is 3.15. The standard InChI is InChI=1S/C19H19N3O4S/c1-10(13-8-5-9-27-13)20-14-15(18(25)17(14)24)21-12-7-4-6-11(16(12)23)19(26)22(2)3/h4-10,20-21,23H,1-3H3/t10-/m0/s1. The molecule has 0 unspecified atom stereocenters. The fraction of sp³-hybridized carbons (Fsp3) is 0.211. The average molecular weight is 385 g/mol. The first-order valence-corrected chi connectivity index (χ1v) is 9.13. The third kappa shape index (κ3) is 3.43. The van der Waals surface area contributed by atoms with E-state index in [0.717, 1.165) is 4.88 Å². The van der Waals surface area contributed by atoms with Gasteiger partial charge in [0, 0.05) is 19.0 Å². The Morgan fingerprint density at radius 2 is 1.81 bits per heavy atom. The number of hydrogen-bond acceptors (Lipinski definition) is 7. The highest BCUT2D eigenvalue weighted by Gasteiger charge is 2.25. The van der Waals surface area contributed by atoms with Crippen LogP contribution < -0.4 is 21.5 Å². The Labute approximate surface area is 159 Å². The van der Waals surface area contributed by atoms with Crippen LogP contribution in [0.15, 0.2) is 45.3 Å². The van der Waals surface area contributed by atoms with Crippen molar-refractivity contribution in [2.45, 2.75) is 13.0 Å². The molecule has 3 rings (SSSR count). The van der Waals surface area contributed by atoms with E-state index in [1.165, 1.54) is 17.0 Å². The number of carbonyl (C=O) groups excluding carboxylic acids is 1. The molecule has 3 N–H and O–H groups in total. The van der Waals surface area contributed by atoms with Gasteiger partial charge in [0.1, 0.15) is 11.4 Å². The third-order valence-electron chi connectivity index (χ3n) is 4.17. The minimum absolute atomic E-state index is 0.0770. The second-order valence-electron chi connectivity index (χ2n) is 6.32. The highest BCUT2D eigenvalue weighted by molar-refractivity contribution is 7.10. The molecule has 0 saturated carbocycles. The summed E-state index contributed by atoms with van der Waals surface area (Å²) in [6, 6.07) is 8.30. The first-order valence-electron chi connectivity index (χ1n) is 8.25. The van der Waals surface area contributed by atoms with Gasteiger partial charge in [0.25, 0.3) is 16.8 Å². The molecule has 7 nitrogen and oxygen atoms in total. The number of amides is 1. The summed E-state index contributed by atoms with van der Waals surface area (Å²) in [5.74, 6) is -0.646. The molecule has 0 bridgehead atoms. The van der Waals surface area contributed by atoms with Crippen LogP contribution in [0.2, 0.25) is 0 Å². The summed E-state index contributed by atoms with van der Waals surface area (Å²) in [6.45, 7) is 1.89. The van der Waals surface area contributed by atoms with E-state index >= 15 is 0 Å². The summed E-state index contributed by atoms with van der Waals surface area (Å²) in [4.78, 5) is 38.5. The monoisotopic (exact) mass is 385 g/mol. The molecule has 0 radical (unpaired) electrons. The van der Waals surface area contributed by atoms with Crippen LogP contribution in [0.3, 0.4) is 0 Å². The number of phenolic OH excluding ortho intramolecular Hbond substituents is 1. The molecule has 0 spiro atoms. The van der Waals surface area contributed by atoms with E-state index in [1.807, 2.05) is 24.4 Å². The molecule has 3 aromatic rings. The molecule has 1 aromatic heterocycles. The maximum atomic E-state index is 12.1. The van der Waals surface area contributed by atoms with Gasteiger partial charge in [0.2, 0.25) is 0 Å². The Morgan fingerprint density at radius 1 is 1.11 bits per heavy atom. The summed E-state index contributed by atoms with van der Waals surface area (Å²) in [5.41, 5.74) is -0.745. The van der Waals surface area contributed by atoms with E-state index in [0.29, 0.717) is 0 Å². The largest absolute Gasteiger partial charge is 0.505 e. The number of aromatic hydroxyl groups is 1. The Morgan fingerprint density at radius 3 is 2.44 bits per heavy atom. The first-order chi connectivity index (χ1) is 12.8. The molecule has 1 amide bonds. The van der Waals surface area contributed by atoms with Gasteiger partial charge in [-0.2, -0.15) is 0 Å². The Bertz CT molecular complexity index is 1050. The van der Waals surface area contributed by atoms with Crippen molar-refractivity contribution in [1.29, 1.82) is 0 Å². The molecule has 0 aliphatic carbocycles. The summed E-state index contributed by atoms with van der Waals surface area (Å²) < 4.78 is 0. The van der Waals surface area contributed by atoms with Crippen molar-refractivity contribution in [2.75, 3.05) is 24.7 Å². The van der Waals surface area contributed by atoms with Crippen LogP contribution in [0.4, 0.5) is 17.1 Å². The molecule has 1 heterocycles. The van der Waals surface area contributed by atoms with Gasteiger partial charge in [-0.25, -0.2) is 0 Å². The van der Waals surface area contributed by atoms with Crippen LogP contribution in [-0.4, -0.2) is 30.0 Å². The zero-order chi connectivity index (χ0) is 19.7. The number of benzene rings is 1. The van der Waals surface area contributed by atoms with Gasteiger partial charge in [-0.3, -0.25) is 14.4 Å². The number of nitrogens with one attached hydrogen (secondary N) is 2. The SMILES string of the molecule is C[C@H](Nc1c(Nc2cccc(C(=O)N(C)C)c2O)c(=O)c1=O)c1cccs1. The predicted octanol–water partition coefficient (Wildman–Crippen LogP) is 2.67. The van der Waals surface area contributed by atoms with Gasteiger partial charge in [0.05, 0.1) is 17.3 Å². The van der Waals surface area contributed by atoms with E-state index in [9.17, 15) is 19.5 Å². The Hall–Kier alpha value is -3.13. The maximum absolute atomic E-state index is 12.1. The molecular formula is C19H19N3O4S. The molecule has 140 valence electrons. The topological polar surface area (TPSA) is 98.7 Å². The highest BCUT2D eigenvalue weighted by atomic mass is 32.1. The predicted molar refractivity (Wildman–Crippen MR) is 107 cm³/mol. The number of rotatable bonds is 6. The van der Waals surface area contributed by atoms with Crippen molar-refractivity contribution in [1.82, 2.24) is 4.90 Å². The summed E-state index contributed by atoms with van der Waals surface area (Å²) in [5, 5.41) is 18.2. The average Bonchev–Trinajstić information content (AvgIpc) is 3.19. The Balaban J connectivity index is 1.89. The smallest absolute Gasteiger partial charge is 0.257 e. The van der Waals surface area contributed by atoms with E-state index in [-0.39, 0.29) is 40.3 Å². The van der Waals surface area contributed by atoms with Crippen molar-refractivity contribution in [3.8, 4) is 5.75 Å². The third-order valence-corrected chi connectivity index (χ3v) is 5.23. The van der Waals surface area contributed by atoms with Gasteiger partial charge in [0.15, 0.2) is 5.75 Å². The number of carbonyl (C=O) groups is 1. The maximum Gasteiger partial charge on any atom is 0.257 e. The molecule has 1 atom stereocenters. The van der Waals surface area contributed by atoms with Crippen LogP contribution in [0.5, 0.6) is 5.75 Å². The van der Waals surface area contributed by atoms with Crippen molar-refractivity contribution < 1.29 is 9.90 Å². The van der Waals surface area contributed by atoms with Gasteiger partial charge >= 0.3 is 0 Å². The van der Waals surface area contributed by atoms with E-state index in [1.54, 1.807) is 31.5 Å². The molecule has 0 aliphatic rings. The quantitative estimate of drug-likeness (QED) is 0.446. The van der Waals surface area contributed by atoms with E-state index < -0.39 is 10.9 Å². The lowest BCUT2D eigenvalue weighted by Gasteiger charge is -2.20. The lowest BCUT2D eigenvalue weighted by atomic mass is 10.1. The second kappa shape index (κ2) is 7.24. The number of thiophene rings is 1. The lowest BCUT2D eigenvalue weighted by molar-refractivity contribution is 0.0824. The van der Waals surface area contributed by atoms with Gasteiger partial charge in [-0.15, -0.1) is 11.3 Å². The zero-order valence-corrected chi connectivity index (χ0v) is 15.9. The second-order valence-corrected chi connectivity index (χ2v) is 7.30. The number of nitrogens with zero attached hydrogens (tertiary/aromatic N) is 1. The van der Waals surface area contributed by atoms with Crippen LogP contribution in [0.25, 0.3) is 0 Å². The Kier molecular flexibility index (Phi) is 5.00. The highest BCUT2D eigenvalue weighted by Crippen LogP contribution is 2.33. The van der Waals surface area contributed by atoms with Gasteiger partial charge in [-0.1, -0.05) is 12.1 Å². The number of anilines is 3. The summed E-state index contributed by atoms with van der Waals surface area (Å²) in [6.07, 6.45) is 0. The molecule has 8 heteroatoms. The van der Waals surface area contributed by atoms with Crippen LogP contribution >= 0.6 is 11.3 Å². The normalized spacial score (nSPS) is 12.0. The fourth-order valence-corrected chi connectivity index (χ4v) is 3.40. The van der Waals surface area contributed by atoms with Crippen LogP contribution in [0, 0.1) is 0 Å².